The van der Waals surface area contributed by atoms with Crippen molar-refractivity contribution in [2.24, 2.45) is 5.73 Å². The minimum absolute atomic E-state index is 0.0977. The SMILES string of the molecule is NC(=O)c1ccc(NCc2ccoc2)c([N+](=O)[O-])c1. The van der Waals surface area contributed by atoms with Crippen molar-refractivity contribution in [2.45, 2.75) is 6.54 Å². The zero-order valence-electron chi connectivity index (χ0n) is 9.83. The highest BCUT2D eigenvalue weighted by molar-refractivity contribution is 5.94. The van der Waals surface area contributed by atoms with E-state index in [0.717, 1.165) is 11.6 Å². The summed E-state index contributed by atoms with van der Waals surface area (Å²) in [5.74, 6) is -0.704. The van der Waals surface area contributed by atoms with Crippen molar-refractivity contribution in [3.8, 4) is 0 Å². The van der Waals surface area contributed by atoms with Gasteiger partial charge < -0.3 is 15.5 Å². The summed E-state index contributed by atoms with van der Waals surface area (Å²) in [5.41, 5.74) is 6.16. The predicted octanol–water partition coefficient (Wildman–Crippen LogP) is 1.90. The molecule has 0 saturated carbocycles. The Balaban J connectivity index is 2.24. The van der Waals surface area contributed by atoms with Gasteiger partial charge in [0.25, 0.3) is 5.69 Å². The first-order valence-corrected chi connectivity index (χ1v) is 5.41. The number of hydrogen-bond donors (Lipinski definition) is 2. The first-order valence-electron chi connectivity index (χ1n) is 5.41. The monoisotopic (exact) mass is 261 g/mol. The average molecular weight is 261 g/mol. The van der Waals surface area contributed by atoms with Gasteiger partial charge in [0.05, 0.1) is 17.4 Å². The van der Waals surface area contributed by atoms with E-state index in [1.807, 2.05) is 0 Å². The van der Waals surface area contributed by atoms with Crippen molar-refractivity contribution in [2.75, 3.05) is 5.32 Å². The zero-order chi connectivity index (χ0) is 13.8. The standard InChI is InChI=1S/C12H11N3O4/c13-12(16)9-1-2-10(11(5-9)15(17)18)14-6-8-3-4-19-7-8/h1-5,7,14H,6H2,(H2,13,16). The molecule has 7 nitrogen and oxygen atoms in total. The molecule has 19 heavy (non-hydrogen) atoms. The summed E-state index contributed by atoms with van der Waals surface area (Å²) in [7, 11) is 0. The van der Waals surface area contributed by atoms with Crippen LogP contribution in [0.15, 0.2) is 41.2 Å². The van der Waals surface area contributed by atoms with Crippen LogP contribution in [-0.2, 0) is 6.54 Å². The number of nitro groups is 1. The van der Waals surface area contributed by atoms with E-state index in [9.17, 15) is 14.9 Å². The van der Waals surface area contributed by atoms with Crippen LogP contribution in [0.1, 0.15) is 15.9 Å². The van der Waals surface area contributed by atoms with Gasteiger partial charge in [-0.1, -0.05) is 0 Å². The van der Waals surface area contributed by atoms with Gasteiger partial charge in [0.15, 0.2) is 0 Å². The number of carbonyl (C=O) groups excluding carboxylic acids is 1. The molecule has 0 saturated heterocycles. The molecule has 0 radical (unpaired) electrons. The smallest absolute Gasteiger partial charge is 0.293 e. The van der Waals surface area contributed by atoms with Gasteiger partial charge in [-0.2, -0.15) is 0 Å². The lowest BCUT2D eigenvalue weighted by Gasteiger charge is -2.06. The van der Waals surface area contributed by atoms with E-state index >= 15 is 0 Å². The van der Waals surface area contributed by atoms with E-state index in [2.05, 4.69) is 5.32 Å². The minimum atomic E-state index is -0.704. The number of hydrogen-bond acceptors (Lipinski definition) is 5. The maximum atomic E-state index is 11.0. The number of nitrogens with zero attached hydrogens (tertiary/aromatic N) is 1. The lowest BCUT2D eigenvalue weighted by molar-refractivity contribution is -0.384. The minimum Gasteiger partial charge on any atom is -0.472 e. The number of benzene rings is 1. The van der Waals surface area contributed by atoms with E-state index in [1.165, 1.54) is 24.7 Å². The third-order valence-electron chi connectivity index (χ3n) is 2.54. The number of furan rings is 1. The molecule has 7 heteroatoms. The van der Waals surface area contributed by atoms with Gasteiger partial charge in [-0.3, -0.25) is 14.9 Å². The number of rotatable bonds is 5. The molecular formula is C12H11N3O4. The van der Waals surface area contributed by atoms with Crippen LogP contribution in [0.5, 0.6) is 0 Å². The van der Waals surface area contributed by atoms with Gasteiger partial charge >= 0.3 is 0 Å². The fourth-order valence-electron chi connectivity index (χ4n) is 1.58. The number of primary amides is 1. The van der Waals surface area contributed by atoms with Crippen LogP contribution in [-0.4, -0.2) is 10.8 Å². The van der Waals surface area contributed by atoms with Crippen LogP contribution in [0.3, 0.4) is 0 Å². The second-order valence-electron chi connectivity index (χ2n) is 3.84. The average Bonchev–Trinajstić information content (AvgIpc) is 2.89. The molecule has 1 heterocycles. The van der Waals surface area contributed by atoms with Crippen LogP contribution in [0.4, 0.5) is 11.4 Å². The second kappa shape index (κ2) is 5.21. The lowest BCUT2D eigenvalue weighted by Crippen LogP contribution is -2.12. The van der Waals surface area contributed by atoms with Crippen molar-refractivity contribution in [1.82, 2.24) is 0 Å². The largest absolute Gasteiger partial charge is 0.472 e. The summed E-state index contributed by atoms with van der Waals surface area (Å²) < 4.78 is 4.90. The Kier molecular flexibility index (Phi) is 3.46. The fraction of sp³-hybridized carbons (Fsp3) is 0.0833. The third kappa shape index (κ3) is 2.89. The fourth-order valence-corrected chi connectivity index (χ4v) is 1.58. The molecule has 0 spiro atoms. The number of amides is 1. The van der Waals surface area contributed by atoms with E-state index < -0.39 is 10.8 Å². The summed E-state index contributed by atoms with van der Waals surface area (Å²) in [5, 5.41) is 13.9. The molecule has 0 fully saturated rings. The molecule has 0 unspecified atom stereocenters. The molecule has 1 amide bonds. The molecule has 2 aromatic rings. The van der Waals surface area contributed by atoms with Crippen LogP contribution >= 0.6 is 0 Å². The third-order valence-corrected chi connectivity index (χ3v) is 2.54. The summed E-state index contributed by atoms with van der Waals surface area (Å²) in [6.45, 7) is 0.382. The zero-order valence-corrected chi connectivity index (χ0v) is 9.83. The molecule has 0 aliphatic rings. The Morgan fingerprint density at radius 1 is 1.42 bits per heavy atom. The van der Waals surface area contributed by atoms with Gasteiger partial charge in [-0.05, 0) is 18.2 Å². The Morgan fingerprint density at radius 3 is 2.79 bits per heavy atom. The van der Waals surface area contributed by atoms with Crippen LogP contribution in [0, 0.1) is 10.1 Å². The van der Waals surface area contributed by atoms with Gasteiger partial charge in [-0.15, -0.1) is 0 Å². The van der Waals surface area contributed by atoms with E-state index in [1.54, 1.807) is 6.07 Å². The predicted molar refractivity (Wildman–Crippen MR) is 67.6 cm³/mol. The van der Waals surface area contributed by atoms with Gasteiger partial charge in [-0.25, -0.2) is 0 Å². The molecule has 0 aliphatic carbocycles. The second-order valence-corrected chi connectivity index (χ2v) is 3.84. The van der Waals surface area contributed by atoms with Crippen molar-refractivity contribution in [1.29, 1.82) is 0 Å². The molecule has 98 valence electrons. The maximum absolute atomic E-state index is 11.0. The highest BCUT2D eigenvalue weighted by Crippen LogP contribution is 2.26. The number of nitrogens with two attached hydrogens (primary N) is 1. The molecule has 1 aromatic carbocycles. The first-order chi connectivity index (χ1) is 9.08. The summed E-state index contributed by atoms with van der Waals surface area (Å²) in [6, 6.07) is 5.79. The van der Waals surface area contributed by atoms with Crippen molar-refractivity contribution < 1.29 is 14.1 Å². The number of anilines is 1. The van der Waals surface area contributed by atoms with E-state index in [0.29, 0.717) is 12.2 Å². The topological polar surface area (TPSA) is 111 Å². The van der Waals surface area contributed by atoms with Crippen molar-refractivity contribution >= 4 is 17.3 Å². The highest BCUT2D eigenvalue weighted by Gasteiger charge is 2.16. The van der Waals surface area contributed by atoms with Crippen molar-refractivity contribution in [3.63, 3.8) is 0 Å². The van der Waals surface area contributed by atoms with E-state index in [-0.39, 0.29) is 11.3 Å². The van der Waals surface area contributed by atoms with Crippen LogP contribution < -0.4 is 11.1 Å². The Bertz CT molecular complexity index is 607. The van der Waals surface area contributed by atoms with Gasteiger partial charge in [0.1, 0.15) is 5.69 Å². The van der Waals surface area contributed by atoms with Crippen LogP contribution in [0.2, 0.25) is 0 Å². The van der Waals surface area contributed by atoms with Crippen molar-refractivity contribution in [3.05, 3.63) is 58.0 Å². The lowest BCUT2D eigenvalue weighted by atomic mass is 10.1. The Hall–Kier alpha value is -2.83. The molecular weight excluding hydrogens is 250 g/mol. The molecule has 1 aromatic heterocycles. The molecule has 3 N–H and O–H groups in total. The molecule has 0 bridgehead atoms. The normalized spacial score (nSPS) is 10.1. The highest BCUT2D eigenvalue weighted by atomic mass is 16.6. The van der Waals surface area contributed by atoms with Crippen LogP contribution in [0.25, 0.3) is 0 Å². The van der Waals surface area contributed by atoms with Gasteiger partial charge in [0.2, 0.25) is 5.91 Å². The van der Waals surface area contributed by atoms with Gasteiger partial charge in [0, 0.05) is 23.7 Å². The molecule has 0 atom stereocenters. The summed E-state index contributed by atoms with van der Waals surface area (Å²) >= 11 is 0. The summed E-state index contributed by atoms with van der Waals surface area (Å²) in [6.07, 6.45) is 3.05. The molecule has 0 aliphatic heterocycles. The summed E-state index contributed by atoms with van der Waals surface area (Å²) in [4.78, 5) is 21.4. The Morgan fingerprint density at radius 2 is 2.21 bits per heavy atom. The number of nitrogens with one attached hydrogen (secondary N) is 1. The molecule has 2 rings (SSSR count). The quantitative estimate of drug-likeness (QED) is 0.630. The Labute approximate surface area is 108 Å². The van der Waals surface area contributed by atoms with E-state index in [4.69, 9.17) is 10.2 Å². The number of carbonyl (C=O) groups is 1. The first kappa shape index (κ1) is 12.6. The maximum Gasteiger partial charge on any atom is 0.293 e. The number of nitro benzene ring substituents is 1.